The lowest BCUT2D eigenvalue weighted by Gasteiger charge is -2.39. The van der Waals surface area contributed by atoms with Gasteiger partial charge in [0.05, 0.1) is 6.42 Å². The van der Waals surface area contributed by atoms with Gasteiger partial charge in [-0.2, -0.15) is 0 Å². The summed E-state index contributed by atoms with van der Waals surface area (Å²) < 4.78 is 0. The molecule has 2 aliphatic heterocycles. The molecule has 0 aromatic rings. The Balaban J connectivity index is 1.66. The van der Waals surface area contributed by atoms with Crippen molar-refractivity contribution in [2.45, 2.75) is 19.3 Å². The number of carboxylic acid groups (broad SMARTS) is 1. The van der Waals surface area contributed by atoms with Crippen LogP contribution in [0.25, 0.3) is 0 Å². The smallest absolute Gasteiger partial charge is 0.303 e. The van der Waals surface area contributed by atoms with Crippen LogP contribution in [0.15, 0.2) is 0 Å². The van der Waals surface area contributed by atoms with Crippen LogP contribution in [-0.4, -0.2) is 58.9 Å². The molecule has 2 rings (SSSR count). The molecule has 0 bridgehead atoms. The molecule has 6 heteroatoms. The second kappa shape index (κ2) is 4.83. The molecule has 0 atom stereocenters. The van der Waals surface area contributed by atoms with Gasteiger partial charge in [-0.25, -0.2) is 0 Å². The normalized spacial score (nSPS) is 22.0. The van der Waals surface area contributed by atoms with E-state index in [1.54, 1.807) is 0 Å². The summed E-state index contributed by atoms with van der Waals surface area (Å²) in [4.78, 5) is 36.5. The van der Waals surface area contributed by atoms with E-state index < -0.39 is 5.97 Å². The lowest BCUT2D eigenvalue weighted by Crippen LogP contribution is -2.50. The van der Waals surface area contributed by atoms with Gasteiger partial charge in [-0.05, 0) is 5.92 Å². The van der Waals surface area contributed by atoms with Gasteiger partial charge in [0.2, 0.25) is 11.8 Å². The Morgan fingerprint density at radius 3 is 2.29 bits per heavy atom. The molecule has 94 valence electrons. The van der Waals surface area contributed by atoms with Crippen LogP contribution < -0.4 is 0 Å². The molecule has 2 fully saturated rings. The zero-order chi connectivity index (χ0) is 12.4. The van der Waals surface area contributed by atoms with Crippen molar-refractivity contribution >= 4 is 17.8 Å². The minimum Gasteiger partial charge on any atom is -0.481 e. The lowest BCUT2D eigenvalue weighted by atomic mass is 9.96. The molecular weight excluding hydrogens is 224 g/mol. The molecule has 2 heterocycles. The number of carboxylic acids is 1. The van der Waals surface area contributed by atoms with Gasteiger partial charge in [-0.15, -0.1) is 0 Å². The summed E-state index contributed by atoms with van der Waals surface area (Å²) in [5, 5.41) is 8.59. The van der Waals surface area contributed by atoms with E-state index in [9.17, 15) is 14.4 Å². The summed E-state index contributed by atoms with van der Waals surface area (Å²) in [7, 11) is 0. The molecule has 2 saturated heterocycles. The molecule has 0 aromatic heterocycles. The lowest BCUT2D eigenvalue weighted by molar-refractivity contribution is -0.139. The fourth-order valence-electron chi connectivity index (χ4n) is 2.35. The van der Waals surface area contributed by atoms with E-state index in [1.807, 2.05) is 0 Å². The second-order valence-electron chi connectivity index (χ2n) is 4.66. The minimum absolute atomic E-state index is 0.0855. The number of likely N-dealkylation sites (tertiary alicyclic amines) is 2. The first-order chi connectivity index (χ1) is 8.06. The molecule has 0 aliphatic carbocycles. The largest absolute Gasteiger partial charge is 0.481 e. The highest BCUT2D eigenvalue weighted by molar-refractivity contribution is 6.01. The van der Waals surface area contributed by atoms with Crippen molar-refractivity contribution in [3.8, 4) is 0 Å². The highest BCUT2D eigenvalue weighted by Gasteiger charge is 2.32. The van der Waals surface area contributed by atoms with Crippen LogP contribution in [0, 0.1) is 5.92 Å². The van der Waals surface area contributed by atoms with Gasteiger partial charge >= 0.3 is 5.97 Å². The predicted molar refractivity (Wildman–Crippen MR) is 58.1 cm³/mol. The Morgan fingerprint density at radius 1 is 1.18 bits per heavy atom. The first kappa shape index (κ1) is 12.0. The van der Waals surface area contributed by atoms with Crippen LogP contribution in [-0.2, 0) is 14.4 Å². The van der Waals surface area contributed by atoms with Gasteiger partial charge < -0.3 is 10.0 Å². The molecule has 17 heavy (non-hydrogen) atoms. The molecule has 0 saturated carbocycles. The number of amides is 2. The van der Waals surface area contributed by atoms with E-state index >= 15 is 0 Å². The standard InChI is InChI=1S/C11H16N2O4/c14-9-1-2-10(15)13(9)4-3-12-6-8(7-12)5-11(16)17/h8H,1-7H2,(H,16,17). The fraction of sp³-hybridized carbons (Fsp3) is 0.727. The zero-order valence-electron chi connectivity index (χ0n) is 9.59. The van der Waals surface area contributed by atoms with E-state index in [0.29, 0.717) is 25.9 Å². The van der Waals surface area contributed by atoms with E-state index in [4.69, 9.17) is 5.11 Å². The summed E-state index contributed by atoms with van der Waals surface area (Å²) in [6.07, 6.45) is 0.874. The Hall–Kier alpha value is -1.43. The zero-order valence-corrected chi connectivity index (χ0v) is 9.59. The minimum atomic E-state index is -0.764. The van der Waals surface area contributed by atoms with Gasteiger partial charge in [0.15, 0.2) is 0 Å². The molecule has 0 spiro atoms. The van der Waals surface area contributed by atoms with Crippen molar-refractivity contribution in [2.75, 3.05) is 26.2 Å². The SMILES string of the molecule is O=C(O)CC1CN(CCN2C(=O)CCC2=O)C1. The monoisotopic (exact) mass is 240 g/mol. The highest BCUT2D eigenvalue weighted by Crippen LogP contribution is 2.19. The third kappa shape index (κ3) is 2.82. The average Bonchev–Trinajstić information content (AvgIpc) is 2.51. The van der Waals surface area contributed by atoms with Crippen molar-refractivity contribution in [1.29, 1.82) is 0 Å². The molecule has 0 radical (unpaired) electrons. The Labute approximate surface area is 99.2 Å². The summed E-state index contributed by atoms with van der Waals surface area (Å²) in [5.41, 5.74) is 0. The maximum absolute atomic E-state index is 11.3. The fourth-order valence-corrected chi connectivity index (χ4v) is 2.35. The highest BCUT2D eigenvalue weighted by atomic mass is 16.4. The van der Waals surface area contributed by atoms with Crippen molar-refractivity contribution < 1.29 is 19.5 Å². The summed E-state index contributed by atoms with van der Waals surface area (Å²) >= 11 is 0. The van der Waals surface area contributed by atoms with Crippen molar-refractivity contribution in [3.63, 3.8) is 0 Å². The number of hydrogen-bond acceptors (Lipinski definition) is 4. The number of rotatable bonds is 5. The Kier molecular flexibility index (Phi) is 3.42. The van der Waals surface area contributed by atoms with Crippen molar-refractivity contribution in [3.05, 3.63) is 0 Å². The van der Waals surface area contributed by atoms with Crippen LogP contribution in [0.1, 0.15) is 19.3 Å². The van der Waals surface area contributed by atoms with Crippen LogP contribution in [0.3, 0.4) is 0 Å². The molecule has 0 unspecified atom stereocenters. The quantitative estimate of drug-likeness (QED) is 0.658. The molecule has 0 aromatic carbocycles. The number of aliphatic carboxylic acids is 1. The van der Waals surface area contributed by atoms with Crippen molar-refractivity contribution in [1.82, 2.24) is 9.80 Å². The van der Waals surface area contributed by atoms with E-state index in [2.05, 4.69) is 4.90 Å². The third-order valence-corrected chi connectivity index (χ3v) is 3.29. The number of carbonyl (C=O) groups excluding carboxylic acids is 2. The van der Waals surface area contributed by atoms with Crippen LogP contribution in [0.5, 0.6) is 0 Å². The maximum Gasteiger partial charge on any atom is 0.303 e. The molecular formula is C11H16N2O4. The van der Waals surface area contributed by atoms with Gasteiger partial charge in [-0.1, -0.05) is 0 Å². The first-order valence-electron chi connectivity index (χ1n) is 5.83. The summed E-state index contributed by atoms with van der Waals surface area (Å²) in [5.74, 6) is -0.716. The van der Waals surface area contributed by atoms with Gasteiger partial charge in [-0.3, -0.25) is 19.3 Å². The van der Waals surface area contributed by atoms with E-state index in [-0.39, 0.29) is 24.2 Å². The first-order valence-corrected chi connectivity index (χ1v) is 5.83. The maximum atomic E-state index is 11.3. The van der Waals surface area contributed by atoms with Gasteiger partial charge in [0, 0.05) is 39.0 Å². The van der Waals surface area contributed by atoms with Crippen LogP contribution in [0.2, 0.25) is 0 Å². The van der Waals surface area contributed by atoms with Gasteiger partial charge in [0.1, 0.15) is 0 Å². The van der Waals surface area contributed by atoms with E-state index in [0.717, 1.165) is 13.1 Å². The molecule has 2 aliphatic rings. The summed E-state index contributed by atoms with van der Waals surface area (Å²) in [6.45, 7) is 2.61. The molecule has 1 N–H and O–H groups in total. The summed E-state index contributed by atoms with van der Waals surface area (Å²) in [6, 6.07) is 0. The van der Waals surface area contributed by atoms with Crippen LogP contribution in [0.4, 0.5) is 0 Å². The second-order valence-corrected chi connectivity index (χ2v) is 4.66. The Bertz CT molecular complexity index is 333. The number of nitrogens with zero attached hydrogens (tertiary/aromatic N) is 2. The number of imide groups is 1. The third-order valence-electron chi connectivity index (χ3n) is 3.29. The Morgan fingerprint density at radius 2 is 1.76 bits per heavy atom. The number of hydrogen-bond donors (Lipinski definition) is 1. The molecule has 2 amide bonds. The van der Waals surface area contributed by atoms with E-state index in [1.165, 1.54) is 4.90 Å². The molecule has 6 nitrogen and oxygen atoms in total. The van der Waals surface area contributed by atoms with Crippen LogP contribution >= 0.6 is 0 Å². The average molecular weight is 240 g/mol. The predicted octanol–water partition coefficient (Wildman–Crippen LogP) is -0.458. The van der Waals surface area contributed by atoms with Gasteiger partial charge in [0.25, 0.3) is 0 Å². The van der Waals surface area contributed by atoms with Crippen molar-refractivity contribution in [2.24, 2.45) is 5.92 Å². The number of carbonyl (C=O) groups is 3. The topological polar surface area (TPSA) is 77.9 Å².